The van der Waals surface area contributed by atoms with Crippen LogP contribution in [0.4, 0.5) is 0 Å². The minimum Gasteiger partial charge on any atom is -0.451 e. The van der Waals surface area contributed by atoms with E-state index >= 15 is 0 Å². The van der Waals surface area contributed by atoms with Crippen LogP contribution in [0, 0.1) is 11.3 Å². The Kier molecular flexibility index (Phi) is 4.35. The van der Waals surface area contributed by atoms with Crippen molar-refractivity contribution in [1.29, 1.82) is 0 Å². The first-order chi connectivity index (χ1) is 11.7. The van der Waals surface area contributed by atoms with Gasteiger partial charge in [0, 0.05) is 32.3 Å². The van der Waals surface area contributed by atoms with Gasteiger partial charge in [0.25, 0.3) is 5.91 Å². The summed E-state index contributed by atoms with van der Waals surface area (Å²) in [6, 6.07) is 0.529. The van der Waals surface area contributed by atoms with Gasteiger partial charge in [-0.3, -0.25) is 4.79 Å². The largest absolute Gasteiger partial charge is 0.451 e. The normalized spacial score (nSPS) is 27.0. The topological polar surface area (TPSA) is 58.8 Å². The number of carbonyl (C=O) groups excluding carboxylic acids is 1. The summed E-state index contributed by atoms with van der Waals surface area (Å²) in [5.74, 6) is 0.825. The first-order valence-corrected chi connectivity index (χ1v) is 9.11. The Bertz CT molecular complexity index is 562. The van der Waals surface area contributed by atoms with Crippen molar-refractivity contribution in [1.82, 2.24) is 14.8 Å². The number of nitrogens with zero attached hydrogens (tertiary/aromatic N) is 3. The van der Waals surface area contributed by atoms with Crippen molar-refractivity contribution >= 4 is 5.91 Å². The van der Waals surface area contributed by atoms with E-state index in [1.165, 1.54) is 31.9 Å². The van der Waals surface area contributed by atoms with E-state index in [2.05, 4.69) is 16.9 Å². The highest BCUT2D eigenvalue weighted by Gasteiger charge is 2.45. The fourth-order valence-corrected chi connectivity index (χ4v) is 4.25. The second kappa shape index (κ2) is 6.48. The molecule has 1 unspecified atom stereocenters. The second-order valence-corrected chi connectivity index (χ2v) is 7.92. The van der Waals surface area contributed by atoms with Crippen LogP contribution in [-0.4, -0.2) is 66.6 Å². The molecule has 0 bridgehead atoms. The molecule has 3 heterocycles. The second-order valence-electron chi connectivity index (χ2n) is 7.92. The lowest BCUT2D eigenvalue weighted by Gasteiger charge is -2.39. The molecule has 1 aromatic rings. The zero-order valence-corrected chi connectivity index (χ0v) is 14.4. The van der Waals surface area contributed by atoms with Crippen LogP contribution in [0.25, 0.3) is 0 Å². The molecule has 2 saturated heterocycles. The highest BCUT2D eigenvalue weighted by Crippen LogP contribution is 2.43. The third-order valence-electron chi connectivity index (χ3n) is 6.00. The van der Waals surface area contributed by atoms with E-state index in [1.54, 1.807) is 0 Å². The number of amides is 1. The van der Waals surface area contributed by atoms with Crippen molar-refractivity contribution in [3.63, 3.8) is 0 Å². The van der Waals surface area contributed by atoms with Crippen LogP contribution < -0.4 is 0 Å². The van der Waals surface area contributed by atoms with Crippen LogP contribution in [0.3, 0.4) is 0 Å². The number of aromatic nitrogens is 1. The zero-order valence-electron chi connectivity index (χ0n) is 14.4. The number of oxazole rings is 1. The predicted octanol–water partition coefficient (Wildman–Crippen LogP) is 2.03. The number of carbonyl (C=O) groups is 1. The number of hydrogen-bond donors (Lipinski definition) is 0. The molecule has 0 radical (unpaired) electrons. The van der Waals surface area contributed by atoms with Gasteiger partial charge in [0.2, 0.25) is 0 Å². The standard InChI is InChI=1S/C18H27N3O3/c1-20-12-18(8-15(20)10-23-9-14-2-3-14)4-6-21(7-5-18)17(22)16-11-24-13-19-16/h11,13-15H,2-10,12H2,1H3. The van der Waals surface area contributed by atoms with Crippen molar-refractivity contribution in [2.75, 3.05) is 39.9 Å². The molecule has 3 aliphatic rings. The summed E-state index contributed by atoms with van der Waals surface area (Å²) in [5.41, 5.74) is 0.768. The molecule has 6 heteroatoms. The van der Waals surface area contributed by atoms with E-state index in [4.69, 9.17) is 9.15 Å². The predicted molar refractivity (Wildman–Crippen MR) is 88.7 cm³/mol. The van der Waals surface area contributed by atoms with Gasteiger partial charge in [-0.05, 0) is 50.5 Å². The summed E-state index contributed by atoms with van der Waals surface area (Å²) in [5, 5.41) is 0. The van der Waals surface area contributed by atoms with Crippen molar-refractivity contribution in [3.05, 3.63) is 18.4 Å². The summed E-state index contributed by atoms with van der Waals surface area (Å²) in [6.45, 7) is 4.55. The van der Waals surface area contributed by atoms with Gasteiger partial charge in [0.15, 0.2) is 12.1 Å². The van der Waals surface area contributed by atoms with Crippen LogP contribution in [0.5, 0.6) is 0 Å². The number of rotatable bonds is 5. The molecule has 1 amide bonds. The molecule has 24 heavy (non-hydrogen) atoms. The third kappa shape index (κ3) is 3.35. The van der Waals surface area contributed by atoms with E-state index in [0.29, 0.717) is 17.2 Å². The maximum absolute atomic E-state index is 12.4. The van der Waals surface area contributed by atoms with E-state index in [1.807, 2.05) is 4.90 Å². The molecule has 3 fully saturated rings. The molecule has 1 aliphatic carbocycles. The average molecular weight is 333 g/mol. The minimum absolute atomic E-state index is 0.00531. The molecule has 1 spiro atoms. The lowest BCUT2D eigenvalue weighted by molar-refractivity contribution is 0.0582. The Labute approximate surface area is 143 Å². The number of ether oxygens (including phenoxy) is 1. The molecule has 1 aromatic heterocycles. The molecule has 2 aliphatic heterocycles. The molecular weight excluding hydrogens is 306 g/mol. The molecule has 132 valence electrons. The molecule has 1 saturated carbocycles. The maximum Gasteiger partial charge on any atom is 0.275 e. The van der Waals surface area contributed by atoms with Crippen LogP contribution in [0.2, 0.25) is 0 Å². The summed E-state index contributed by atoms with van der Waals surface area (Å²) < 4.78 is 10.9. The lowest BCUT2D eigenvalue weighted by atomic mass is 9.76. The van der Waals surface area contributed by atoms with Crippen LogP contribution in [0.1, 0.15) is 42.6 Å². The van der Waals surface area contributed by atoms with Crippen LogP contribution in [-0.2, 0) is 4.74 Å². The molecular formula is C18H27N3O3. The van der Waals surface area contributed by atoms with Crippen LogP contribution >= 0.6 is 0 Å². The first-order valence-electron chi connectivity index (χ1n) is 9.11. The highest BCUT2D eigenvalue weighted by atomic mass is 16.5. The number of likely N-dealkylation sites (tertiary alicyclic amines) is 2. The molecule has 6 nitrogen and oxygen atoms in total. The van der Waals surface area contributed by atoms with Gasteiger partial charge >= 0.3 is 0 Å². The number of likely N-dealkylation sites (N-methyl/N-ethyl adjacent to an activating group) is 1. The fourth-order valence-electron chi connectivity index (χ4n) is 4.25. The molecule has 0 aromatic carbocycles. The molecule has 1 atom stereocenters. The Hall–Kier alpha value is -1.40. The van der Waals surface area contributed by atoms with Gasteiger partial charge in [-0.25, -0.2) is 4.98 Å². The quantitative estimate of drug-likeness (QED) is 0.825. The molecule has 0 N–H and O–H groups in total. The third-order valence-corrected chi connectivity index (χ3v) is 6.00. The molecule has 4 rings (SSSR count). The van der Waals surface area contributed by atoms with Gasteiger partial charge in [0.1, 0.15) is 6.26 Å². The van der Waals surface area contributed by atoms with E-state index < -0.39 is 0 Å². The SMILES string of the molecule is CN1CC2(CCN(C(=O)c3cocn3)CC2)CC1COCC1CC1. The monoisotopic (exact) mass is 333 g/mol. The van der Waals surface area contributed by atoms with E-state index in [-0.39, 0.29) is 5.91 Å². The van der Waals surface area contributed by atoms with Crippen LogP contribution in [0.15, 0.2) is 17.1 Å². The Morgan fingerprint density at radius 2 is 2.17 bits per heavy atom. The van der Waals surface area contributed by atoms with Crippen molar-refractivity contribution in [3.8, 4) is 0 Å². The Morgan fingerprint density at radius 1 is 1.38 bits per heavy atom. The van der Waals surface area contributed by atoms with E-state index in [9.17, 15) is 4.79 Å². The van der Waals surface area contributed by atoms with Gasteiger partial charge < -0.3 is 19.0 Å². The van der Waals surface area contributed by atoms with Crippen molar-refractivity contribution in [2.24, 2.45) is 11.3 Å². The number of piperidine rings is 1. The Balaban J connectivity index is 1.29. The lowest BCUT2D eigenvalue weighted by Crippen LogP contribution is -2.44. The summed E-state index contributed by atoms with van der Waals surface area (Å²) in [7, 11) is 2.22. The zero-order chi connectivity index (χ0) is 16.6. The summed E-state index contributed by atoms with van der Waals surface area (Å²) in [4.78, 5) is 20.7. The Morgan fingerprint density at radius 3 is 2.83 bits per heavy atom. The smallest absolute Gasteiger partial charge is 0.275 e. The summed E-state index contributed by atoms with van der Waals surface area (Å²) in [6.07, 6.45) is 8.78. The average Bonchev–Trinajstić information content (AvgIpc) is 3.14. The van der Waals surface area contributed by atoms with Crippen molar-refractivity contribution < 1.29 is 13.9 Å². The van der Waals surface area contributed by atoms with Gasteiger partial charge in [-0.2, -0.15) is 0 Å². The van der Waals surface area contributed by atoms with Gasteiger partial charge in [-0.1, -0.05) is 0 Å². The van der Waals surface area contributed by atoms with Crippen molar-refractivity contribution in [2.45, 2.75) is 38.1 Å². The first kappa shape index (κ1) is 16.1. The summed E-state index contributed by atoms with van der Waals surface area (Å²) >= 11 is 0. The maximum atomic E-state index is 12.4. The fraction of sp³-hybridized carbons (Fsp3) is 0.778. The van der Waals surface area contributed by atoms with Gasteiger partial charge in [-0.15, -0.1) is 0 Å². The minimum atomic E-state index is -0.00531. The highest BCUT2D eigenvalue weighted by molar-refractivity contribution is 5.91. The van der Waals surface area contributed by atoms with E-state index in [0.717, 1.165) is 51.6 Å². The van der Waals surface area contributed by atoms with Gasteiger partial charge in [0.05, 0.1) is 6.61 Å². The number of hydrogen-bond acceptors (Lipinski definition) is 5.